The van der Waals surface area contributed by atoms with Gasteiger partial charge in [0.05, 0.1) is 25.2 Å². The van der Waals surface area contributed by atoms with E-state index in [0.717, 1.165) is 16.8 Å². The summed E-state index contributed by atoms with van der Waals surface area (Å²) in [7, 11) is -1.96. The topological polar surface area (TPSA) is 71.7 Å². The molecule has 3 aromatic rings. The second-order valence-electron chi connectivity index (χ2n) is 7.23. The Labute approximate surface area is 192 Å². The van der Waals surface area contributed by atoms with Gasteiger partial charge in [-0.15, -0.1) is 0 Å². The predicted octanol–water partition coefficient (Wildman–Crippen LogP) is 4.21. The molecule has 1 aliphatic rings. The summed E-state index contributed by atoms with van der Waals surface area (Å²) in [6.07, 6.45) is 0.720. The van der Waals surface area contributed by atoms with Gasteiger partial charge in [-0.2, -0.15) is 9.30 Å². The summed E-state index contributed by atoms with van der Waals surface area (Å²) in [6, 6.07) is 8.12. The number of amides is 1. The van der Waals surface area contributed by atoms with Crippen molar-refractivity contribution in [3.8, 4) is 0 Å². The van der Waals surface area contributed by atoms with Crippen molar-refractivity contribution in [1.29, 1.82) is 0 Å². The number of thiazole rings is 1. The molecule has 11 heteroatoms. The summed E-state index contributed by atoms with van der Waals surface area (Å²) in [6.45, 7) is 0.393. The SMILES string of the molecule is Cn1c(=NC(=O)C2CCN(S(=O)(=O)c3ccc(F)cc3)CC2)sc2c(Cl)ccc(Cl)c21. The molecule has 0 unspecified atom stereocenters. The fraction of sp³-hybridized carbons (Fsp3) is 0.300. The van der Waals surface area contributed by atoms with Crippen molar-refractivity contribution in [2.24, 2.45) is 18.0 Å². The van der Waals surface area contributed by atoms with Crippen LogP contribution in [0, 0.1) is 11.7 Å². The maximum Gasteiger partial charge on any atom is 0.251 e. The quantitative estimate of drug-likeness (QED) is 0.539. The first kappa shape index (κ1) is 22.4. The molecule has 1 aliphatic heterocycles. The third-order valence-electron chi connectivity index (χ3n) is 5.31. The zero-order valence-corrected chi connectivity index (χ0v) is 19.5. The highest BCUT2D eigenvalue weighted by Gasteiger charge is 2.32. The van der Waals surface area contributed by atoms with E-state index < -0.39 is 15.8 Å². The number of rotatable bonds is 3. The Kier molecular flexibility index (Phi) is 6.24. The summed E-state index contributed by atoms with van der Waals surface area (Å²) in [5.41, 5.74) is 0.714. The van der Waals surface area contributed by atoms with Crippen molar-refractivity contribution in [2.45, 2.75) is 17.7 Å². The van der Waals surface area contributed by atoms with Crippen molar-refractivity contribution in [3.05, 3.63) is 57.1 Å². The van der Waals surface area contributed by atoms with Gasteiger partial charge in [-0.3, -0.25) is 4.79 Å². The van der Waals surface area contributed by atoms with Gasteiger partial charge in [-0.25, -0.2) is 12.8 Å². The van der Waals surface area contributed by atoms with Crippen LogP contribution < -0.4 is 4.80 Å². The average Bonchev–Trinajstić information content (AvgIpc) is 3.08. The van der Waals surface area contributed by atoms with E-state index in [2.05, 4.69) is 4.99 Å². The molecule has 0 N–H and O–H groups in total. The number of piperidine rings is 1. The minimum Gasteiger partial charge on any atom is -0.318 e. The molecule has 0 spiro atoms. The maximum absolute atomic E-state index is 13.1. The van der Waals surface area contributed by atoms with Crippen molar-refractivity contribution in [3.63, 3.8) is 0 Å². The van der Waals surface area contributed by atoms with Gasteiger partial charge < -0.3 is 4.57 Å². The maximum atomic E-state index is 13.1. The third kappa shape index (κ3) is 4.29. The Morgan fingerprint density at radius 3 is 2.32 bits per heavy atom. The molecule has 2 heterocycles. The number of benzene rings is 2. The number of sulfonamides is 1. The minimum atomic E-state index is -3.73. The standard InChI is InChI=1S/C20H18Cl2FN3O3S2/c1-25-17-15(21)6-7-16(22)18(17)30-20(25)24-19(27)12-8-10-26(11-9-12)31(28,29)14-4-2-13(23)3-5-14/h2-7,12H,8-11H2,1H3. The largest absolute Gasteiger partial charge is 0.318 e. The molecule has 31 heavy (non-hydrogen) atoms. The first-order chi connectivity index (χ1) is 14.7. The Morgan fingerprint density at radius 2 is 1.71 bits per heavy atom. The van der Waals surface area contributed by atoms with Crippen LogP contribution in [0.25, 0.3) is 10.2 Å². The highest BCUT2D eigenvalue weighted by molar-refractivity contribution is 7.89. The second-order valence-corrected chi connectivity index (χ2v) is 11.0. The van der Waals surface area contributed by atoms with Crippen LogP contribution in [0.3, 0.4) is 0 Å². The fourth-order valence-electron chi connectivity index (χ4n) is 3.57. The lowest BCUT2D eigenvalue weighted by molar-refractivity contribution is -0.122. The van der Waals surface area contributed by atoms with Crippen LogP contribution in [0.15, 0.2) is 46.3 Å². The minimum absolute atomic E-state index is 0.0365. The number of nitrogens with zero attached hydrogens (tertiary/aromatic N) is 3. The van der Waals surface area contributed by atoms with E-state index in [4.69, 9.17) is 23.2 Å². The van der Waals surface area contributed by atoms with Gasteiger partial charge in [-0.05, 0) is 49.2 Å². The molecule has 0 saturated carbocycles. The summed E-state index contributed by atoms with van der Waals surface area (Å²) in [5, 5.41) is 1.06. The predicted molar refractivity (Wildman–Crippen MR) is 119 cm³/mol. The second kappa shape index (κ2) is 8.63. The number of carbonyl (C=O) groups is 1. The zero-order valence-electron chi connectivity index (χ0n) is 16.4. The zero-order chi connectivity index (χ0) is 22.3. The van der Waals surface area contributed by atoms with Crippen LogP contribution in [0.4, 0.5) is 4.39 Å². The Morgan fingerprint density at radius 1 is 1.10 bits per heavy atom. The van der Waals surface area contributed by atoms with E-state index in [1.807, 2.05) is 0 Å². The Hall–Kier alpha value is -1.78. The average molecular weight is 502 g/mol. The van der Waals surface area contributed by atoms with Gasteiger partial charge in [0, 0.05) is 26.1 Å². The summed E-state index contributed by atoms with van der Waals surface area (Å²) in [5.74, 6) is -1.18. The highest BCUT2D eigenvalue weighted by atomic mass is 35.5. The molecule has 1 aromatic heterocycles. The van der Waals surface area contributed by atoms with Crippen LogP contribution >= 0.6 is 34.5 Å². The van der Waals surface area contributed by atoms with Crippen molar-refractivity contribution in [1.82, 2.24) is 8.87 Å². The highest BCUT2D eigenvalue weighted by Crippen LogP contribution is 2.31. The molecule has 2 aromatic carbocycles. The molecule has 6 nitrogen and oxygen atoms in total. The number of fused-ring (bicyclic) bond motifs is 1. The van der Waals surface area contributed by atoms with Gasteiger partial charge >= 0.3 is 0 Å². The number of halogens is 3. The van der Waals surface area contributed by atoms with E-state index in [0.29, 0.717) is 33.2 Å². The molecule has 0 radical (unpaired) electrons. The summed E-state index contributed by atoms with van der Waals surface area (Å²) in [4.78, 5) is 17.6. The molecule has 0 atom stereocenters. The molecule has 1 amide bonds. The van der Waals surface area contributed by atoms with E-state index in [9.17, 15) is 17.6 Å². The lowest BCUT2D eigenvalue weighted by Crippen LogP contribution is -2.40. The Bertz CT molecular complexity index is 1330. The van der Waals surface area contributed by atoms with Gasteiger partial charge in [0.15, 0.2) is 4.80 Å². The molecule has 0 bridgehead atoms. The smallest absolute Gasteiger partial charge is 0.251 e. The first-order valence-electron chi connectivity index (χ1n) is 9.46. The van der Waals surface area contributed by atoms with E-state index >= 15 is 0 Å². The number of aromatic nitrogens is 1. The molecule has 4 rings (SSSR count). The number of aryl methyl sites for hydroxylation is 1. The number of hydrogen-bond acceptors (Lipinski definition) is 4. The lowest BCUT2D eigenvalue weighted by atomic mass is 9.98. The monoisotopic (exact) mass is 501 g/mol. The van der Waals surface area contributed by atoms with Gasteiger partial charge in [0.1, 0.15) is 5.82 Å². The van der Waals surface area contributed by atoms with Crippen molar-refractivity contribution >= 4 is 60.7 Å². The van der Waals surface area contributed by atoms with E-state index in [1.54, 1.807) is 23.7 Å². The molecule has 1 saturated heterocycles. The fourth-order valence-corrected chi connectivity index (χ4v) is 6.70. The molecule has 164 valence electrons. The number of carbonyl (C=O) groups excluding carboxylic acids is 1. The van der Waals surface area contributed by atoms with Crippen LogP contribution in [0.2, 0.25) is 10.0 Å². The van der Waals surface area contributed by atoms with Crippen LogP contribution in [0.1, 0.15) is 12.8 Å². The normalized spacial score (nSPS) is 16.8. The van der Waals surface area contributed by atoms with Crippen LogP contribution in [0.5, 0.6) is 0 Å². The van der Waals surface area contributed by atoms with Crippen LogP contribution in [-0.2, 0) is 21.9 Å². The van der Waals surface area contributed by atoms with E-state index in [1.165, 1.54) is 27.8 Å². The Balaban J connectivity index is 1.52. The molecule has 0 aliphatic carbocycles. The van der Waals surface area contributed by atoms with Crippen molar-refractivity contribution < 1.29 is 17.6 Å². The summed E-state index contributed by atoms with van der Waals surface area (Å²) < 4.78 is 42.4. The van der Waals surface area contributed by atoms with E-state index in [-0.39, 0.29) is 29.8 Å². The van der Waals surface area contributed by atoms with Gasteiger partial charge in [0.2, 0.25) is 10.0 Å². The lowest BCUT2D eigenvalue weighted by Gasteiger charge is -2.29. The first-order valence-corrected chi connectivity index (χ1v) is 12.5. The third-order valence-corrected chi connectivity index (χ3v) is 9.12. The molecular weight excluding hydrogens is 484 g/mol. The molecule has 1 fully saturated rings. The van der Waals surface area contributed by atoms with Gasteiger partial charge in [0.25, 0.3) is 5.91 Å². The van der Waals surface area contributed by atoms with Crippen molar-refractivity contribution in [2.75, 3.05) is 13.1 Å². The molecular formula is C20H18Cl2FN3O3S2. The van der Waals surface area contributed by atoms with Gasteiger partial charge in [-0.1, -0.05) is 34.5 Å². The van der Waals surface area contributed by atoms with Crippen LogP contribution in [-0.4, -0.2) is 36.3 Å². The summed E-state index contributed by atoms with van der Waals surface area (Å²) >= 11 is 13.8. The number of hydrogen-bond donors (Lipinski definition) is 0.